The molecule has 2 rings (SSSR count). The second-order valence-electron chi connectivity index (χ2n) is 4.63. The van der Waals surface area contributed by atoms with Gasteiger partial charge in [-0.2, -0.15) is 0 Å². The van der Waals surface area contributed by atoms with E-state index in [9.17, 15) is 26.7 Å². The zero-order valence-corrected chi connectivity index (χ0v) is 11.1. The molecule has 0 unspecified atom stereocenters. The molecule has 0 atom stereocenters. The predicted molar refractivity (Wildman–Crippen MR) is 62.7 cm³/mol. The van der Waals surface area contributed by atoms with Crippen molar-refractivity contribution in [3.63, 3.8) is 0 Å². The van der Waals surface area contributed by atoms with Crippen LogP contribution in [0.1, 0.15) is 12.8 Å². The highest BCUT2D eigenvalue weighted by Crippen LogP contribution is 2.27. The lowest BCUT2D eigenvalue weighted by Gasteiger charge is -2.31. The van der Waals surface area contributed by atoms with Crippen molar-refractivity contribution in [1.29, 1.82) is 0 Å². The first kappa shape index (κ1) is 16.2. The van der Waals surface area contributed by atoms with Gasteiger partial charge in [-0.05, 0) is 12.5 Å². The minimum absolute atomic E-state index is 0.122. The fraction of sp³-hybridized carbons (Fsp3) is 0.500. The summed E-state index contributed by atoms with van der Waals surface area (Å²) in [6.45, 7) is -0.633. The van der Waals surface area contributed by atoms with Crippen molar-refractivity contribution in [2.45, 2.75) is 25.1 Å². The van der Waals surface area contributed by atoms with E-state index in [0.29, 0.717) is 0 Å². The number of aromatic nitrogens is 1. The number of halogens is 5. The molecule has 0 aromatic carbocycles. The molecule has 1 saturated heterocycles. The Morgan fingerprint density at radius 1 is 1.32 bits per heavy atom. The first-order valence-corrected chi connectivity index (χ1v) is 6.21. The molecule has 22 heavy (non-hydrogen) atoms. The molecule has 0 radical (unpaired) electrons. The maximum Gasteiger partial charge on any atom is 0.574 e. The summed E-state index contributed by atoms with van der Waals surface area (Å²) in [5.41, 5.74) is 0. The number of alkyl halides is 5. The highest BCUT2D eigenvalue weighted by molar-refractivity contribution is 5.70. The monoisotopic (exact) mass is 326 g/mol. The number of pyridine rings is 1. The normalized spacial score (nSPS) is 18.0. The molecule has 1 aromatic heterocycles. The Morgan fingerprint density at radius 2 is 2.05 bits per heavy atom. The van der Waals surface area contributed by atoms with Crippen molar-refractivity contribution in [3.05, 3.63) is 18.3 Å². The van der Waals surface area contributed by atoms with Gasteiger partial charge in [0.05, 0.1) is 12.7 Å². The maximum absolute atomic E-state index is 13.2. The SMILES string of the molecule is O=C(Oc1ccc(OC(F)(F)F)nc1)N1CCCC(F)(F)C1. The van der Waals surface area contributed by atoms with Crippen LogP contribution in [-0.4, -0.2) is 41.4 Å². The number of carbonyl (C=O) groups is 1. The number of rotatable bonds is 2. The van der Waals surface area contributed by atoms with E-state index in [1.807, 2.05) is 0 Å². The van der Waals surface area contributed by atoms with E-state index in [2.05, 4.69) is 9.72 Å². The van der Waals surface area contributed by atoms with Gasteiger partial charge in [-0.3, -0.25) is 0 Å². The summed E-state index contributed by atoms with van der Waals surface area (Å²) in [6.07, 6.45) is -5.22. The lowest BCUT2D eigenvalue weighted by molar-refractivity contribution is -0.276. The average Bonchev–Trinajstić information content (AvgIpc) is 2.38. The van der Waals surface area contributed by atoms with E-state index in [0.717, 1.165) is 23.2 Å². The zero-order valence-electron chi connectivity index (χ0n) is 11.1. The summed E-state index contributed by atoms with van der Waals surface area (Å²) in [7, 11) is 0. The summed E-state index contributed by atoms with van der Waals surface area (Å²) in [5.74, 6) is -3.87. The Kier molecular flexibility index (Phi) is 4.38. The van der Waals surface area contributed by atoms with Gasteiger partial charge in [0.15, 0.2) is 5.75 Å². The third-order valence-corrected chi connectivity index (χ3v) is 2.79. The third kappa shape index (κ3) is 4.71. The van der Waals surface area contributed by atoms with Gasteiger partial charge in [-0.25, -0.2) is 18.6 Å². The molecular formula is C12H11F5N2O3. The largest absolute Gasteiger partial charge is 0.574 e. The molecule has 5 nitrogen and oxygen atoms in total. The van der Waals surface area contributed by atoms with Crippen molar-refractivity contribution < 1.29 is 36.2 Å². The van der Waals surface area contributed by atoms with Crippen molar-refractivity contribution in [3.8, 4) is 11.6 Å². The number of ether oxygens (including phenoxy) is 2. The summed E-state index contributed by atoms with van der Waals surface area (Å²) >= 11 is 0. The topological polar surface area (TPSA) is 51.7 Å². The highest BCUT2D eigenvalue weighted by Gasteiger charge is 2.38. The van der Waals surface area contributed by atoms with E-state index in [4.69, 9.17) is 4.74 Å². The molecule has 0 N–H and O–H groups in total. The average molecular weight is 326 g/mol. The van der Waals surface area contributed by atoms with Crippen molar-refractivity contribution in [2.75, 3.05) is 13.1 Å². The van der Waals surface area contributed by atoms with Crippen molar-refractivity contribution in [1.82, 2.24) is 9.88 Å². The second kappa shape index (κ2) is 5.93. The van der Waals surface area contributed by atoms with E-state index in [1.165, 1.54) is 0 Å². The first-order chi connectivity index (χ1) is 10.1. The van der Waals surface area contributed by atoms with Crippen LogP contribution in [0.15, 0.2) is 18.3 Å². The quantitative estimate of drug-likeness (QED) is 0.783. The number of piperidine rings is 1. The number of nitrogens with zero attached hydrogens (tertiary/aromatic N) is 2. The van der Waals surface area contributed by atoms with Crippen LogP contribution < -0.4 is 9.47 Å². The van der Waals surface area contributed by atoms with Crippen LogP contribution in [0, 0.1) is 0 Å². The molecule has 122 valence electrons. The van der Waals surface area contributed by atoms with Crippen molar-refractivity contribution >= 4 is 6.09 Å². The Bertz CT molecular complexity index is 533. The van der Waals surface area contributed by atoms with Crippen LogP contribution >= 0.6 is 0 Å². The third-order valence-electron chi connectivity index (χ3n) is 2.79. The Labute approximate surface area is 121 Å². The van der Waals surface area contributed by atoms with Gasteiger partial charge < -0.3 is 14.4 Å². The van der Waals surface area contributed by atoms with Gasteiger partial charge in [0.1, 0.15) is 0 Å². The zero-order chi connectivity index (χ0) is 16.4. The smallest absolute Gasteiger partial charge is 0.409 e. The van der Waals surface area contributed by atoms with Crippen LogP contribution in [0.5, 0.6) is 11.6 Å². The maximum atomic E-state index is 13.2. The molecule has 1 aromatic rings. The molecule has 1 amide bonds. The number of amides is 1. The molecule has 0 bridgehead atoms. The molecule has 0 aliphatic carbocycles. The number of likely N-dealkylation sites (tertiary alicyclic amines) is 1. The van der Waals surface area contributed by atoms with E-state index < -0.39 is 30.8 Å². The van der Waals surface area contributed by atoms with Gasteiger partial charge in [0, 0.05) is 19.0 Å². The van der Waals surface area contributed by atoms with Crippen LogP contribution in [0.25, 0.3) is 0 Å². The Morgan fingerprint density at radius 3 is 2.59 bits per heavy atom. The minimum atomic E-state index is -4.88. The lowest BCUT2D eigenvalue weighted by Crippen LogP contribution is -2.46. The highest BCUT2D eigenvalue weighted by atomic mass is 19.4. The molecule has 0 saturated carbocycles. The van der Waals surface area contributed by atoms with Gasteiger partial charge in [0.25, 0.3) is 5.92 Å². The standard InChI is InChI=1S/C12H11F5N2O3/c13-11(14)4-1-5-19(7-11)10(20)21-8-2-3-9(18-6-8)22-12(15,16)17/h2-3,6H,1,4-5,7H2. The predicted octanol–water partition coefficient (Wildman–Crippen LogP) is 3.21. The van der Waals surface area contributed by atoms with Gasteiger partial charge in [-0.15, -0.1) is 13.2 Å². The van der Waals surface area contributed by atoms with E-state index in [-0.39, 0.29) is 25.1 Å². The van der Waals surface area contributed by atoms with Crippen LogP contribution in [0.3, 0.4) is 0 Å². The summed E-state index contributed by atoms with van der Waals surface area (Å²) in [4.78, 5) is 15.8. The fourth-order valence-corrected chi connectivity index (χ4v) is 1.89. The van der Waals surface area contributed by atoms with Crippen LogP contribution in [-0.2, 0) is 0 Å². The fourth-order valence-electron chi connectivity index (χ4n) is 1.89. The number of carbonyl (C=O) groups excluding carboxylic acids is 1. The molecule has 1 aliphatic rings. The van der Waals surface area contributed by atoms with Crippen LogP contribution in [0.2, 0.25) is 0 Å². The molecule has 2 heterocycles. The van der Waals surface area contributed by atoms with Gasteiger partial charge >= 0.3 is 12.5 Å². The summed E-state index contributed by atoms with van der Waals surface area (Å²) in [5, 5.41) is 0. The van der Waals surface area contributed by atoms with Gasteiger partial charge in [-0.1, -0.05) is 0 Å². The molecule has 1 aliphatic heterocycles. The van der Waals surface area contributed by atoms with Crippen LogP contribution in [0.4, 0.5) is 26.7 Å². The van der Waals surface area contributed by atoms with Crippen molar-refractivity contribution in [2.24, 2.45) is 0 Å². The number of hydrogen-bond donors (Lipinski definition) is 0. The lowest BCUT2D eigenvalue weighted by atomic mass is 10.1. The van der Waals surface area contributed by atoms with E-state index in [1.54, 1.807) is 0 Å². The first-order valence-electron chi connectivity index (χ1n) is 6.21. The minimum Gasteiger partial charge on any atom is -0.409 e. The Hall–Kier alpha value is -2.13. The second-order valence-corrected chi connectivity index (χ2v) is 4.63. The molecule has 10 heteroatoms. The molecular weight excluding hydrogens is 315 g/mol. The molecule has 1 fully saturated rings. The summed E-state index contributed by atoms with van der Waals surface area (Å²) < 4.78 is 70.5. The molecule has 0 spiro atoms. The Balaban J connectivity index is 1.94. The number of hydrogen-bond acceptors (Lipinski definition) is 4. The summed E-state index contributed by atoms with van der Waals surface area (Å²) in [6, 6.07) is 1.87. The van der Waals surface area contributed by atoms with E-state index >= 15 is 0 Å². The van der Waals surface area contributed by atoms with Gasteiger partial charge in [0.2, 0.25) is 5.88 Å².